The molecule has 7 nitrogen and oxygen atoms in total. The number of anilines is 1. The molecule has 172 valence electrons. The predicted molar refractivity (Wildman–Crippen MR) is 126 cm³/mol. The molecule has 0 heterocycles. The maximum absolute atomic E-state index is 13.2. The second-order valence-electron chi connectivity index (χ2n) is 7.34. The van der Waals surface area contributed by atoms with Crippen molar-refractivity contribution in [3.8, 4) is 0 Å². The highest BCUT2D eigenvalue weighted by Gasteiger charge is 2.25. The van der Waals surface area contributed by atoms with Crippen molar-refractivity contribution < 1.29 is 22.7 Å². The lowest BCUT2D eigenvalue weighted by atomic mass is 10.2. The Morgan fingerprint density at radius 3 is 2.15 bits per heavy atom. The van der Waals surface area contributed by atoms with Crippen LogP contribution in [0.5, 0.6) is 0 Å². The third kappa shape index (κ3) is 5.98. The molecule has 3 aromatic carbocycles. The van der Waals surface area contributed by atoms with Crippen LogP contribution >= 0.6 is 0 Å². The summed E-state index contributed by atoms with van der Waals surface area (Å²) in [6.45, 7) is 1.91. The van der Waals surface area contributed by atoms with Crippen LogP contribution in [0.1, 0.15) is 22.8 Å². The quantitative estimate of drug-likeness (QED) is 0.449. The zero-order chi connectivity index (χ0) is 23.8. The fraction of sp³-hybridized carbons (Fsp3) is 0.200. The Balaban J connectivity index is 1.68. The van der Waals surface area contributed by atoms with Crippen LogP contribution in [0.25, 0.3) is 0 Å². The third-order valence-corrected chi connectivity index (χ3v) is 6.90. The van der Waals surface area contributed by atoms with Crippen molar-refractivity contribution >= 4 is 27.6 Å². The average Bonchev–Trinajstić information content (AvgIpc) is 2.84. The number of esters is 1. The van der Waals surface area contributed by atoms with E-state index in [-0.39, 0.29) is 22.9 Å². The maximum atomic E-state index is 13.2. The van der Waals surface area contributed by atoms with E-state index in [9.17, 15) is 18.0 Å². The molecular weight excluding hydrogens is 440 g/mol. The van der Waals surface area contributed by atoms with E-state index in [1.54, 1.807) is 44.3 Å². The van der Waals surface area contributed by atoms with Crippen LogP contribution in [0.15, 0.2) is 89.8 Å². The summed E-state index contributed by atoms with van der Waals surface area (Å²) in [6, 6.07) is 23.8. The lowest BCUT2D eigenvalue weighted by Gasteiger charge is -2.23. The summed E-state index contributed by atoms with van der Waals surface area (Å²) in [4.78, 5) is 26.3. The minimum absolute atomic E-state index is 0.0322. The van der Waals surface area contributed by atoms with Crippen molar-refractivity contribution in [3.05, 3.63) is 96.1 Å². The second-order valence-corrected chi connectivity index (χ2v) is 9.21. The maximum Gasteiger partial charge on any atom is 0.338 e. The molecule has 33 heavy (non-hydrogen) atoms. The van der Waals surface area contributed by atoms with Gasteiger partial charge in [0.05, 0.1) is 16.1 Å². The summed E-state index contributed by atoms with van der Waals surface area (Å²) >= 11 is 0. The molecule has 0 saturated carbocycles. The molecule has 0 atom stereocenters. The van der Waals surface area contributed by atoms with Crippen LogP contribution in [0.3, 0.4) is 0 Å². The minimum atomic E-state index is -3.89. The number of nitrogens with zero attached hydrogens (tertiary/aromatic N) is 2. The van der Waals surface area contributed by atoms with Gasteiger partial charge in [-0.05, 0) is 42.8 Å². The number of likely N-dealkylation sites (N-methyl/N-ethyl adjacent to an activating group) is 1. The lowest BCUT2D eigenvalue weighted by molar-refractivity contribution is -0.133. The first-order chi connectivity index (χ1) is 15.8. The Labute approximate surface area is 194 Å². The molecule has 1 amide bonds. The standard InChI is InChI=1S/C25H26N2O5S/c1-3-27(22-14-8-5-9-15-22)33(30,31)23-16-10-13-21(17-23)25(29)32-19-24(28)26(2)18-20-11-6-4-7-12-20/h4-17H,3,18-19H2,1-2H3. The SMILES string of the molecule is CCN(c1ccccc1)S(=O)(=O)c1cccc(C(=O)OCC(=O)N(C)Cc2ccccc2)c1. The molecule has 0 aliphatic carbocycles. The lowest BCUT2D eigenvalue weighted by Crippen LogP contribution is -2.31. The Bertz CT molecular complexity index is 1200. The molecule has 0 bridgehead atoms. The highest BCUT2D eigenvalue weighted by molar-refractivity contribution is 7.92. The topological polar surface area (TPSA) is 84.0 Å². The Morgan fingerprint density at radius 2 is 1.52 bits per heavy atom. The second kappa shape index (κ2) is 10.8. The normalized spacial score (nSPS) is 11.0. The van der Waals surface area contributed by atoms with Crippen LogP contribution < -0.4 is 4.31 Å². The number of ether oxygens (including phenoxy) is 1. The van der Waals surface area contributed by atoms with Gasteiger partial charge in [0.1, 0.15) is 0 Å². The molecule has 0 fully saturated rings. The molecule has 3 rings (SSSR count). The van der Waals surface area contributed by atoms with E-state index < -0.39 is 22.6 Å². The molecule has 0 N–H and O–H groups in total. The molecular formula is C25H26N2O5S. The van der Waals surface area contributed by atoms with E-state index >= 15 is 0 Å². The van der Waals surface area contributed by atoms with Crippen LogP contribution in [0, 0.1) is 0 Å². The summed E-state index contributed by atoms with van der Waals surface area (Å²) in [6.07, 6.45) is 0. The summed E-state index contributed by atoms with van der Waals surface area (Å²) in [5.41, 5.74) is 1.54. The van der Waals surface area contributed by atoms with Crippen molar-refractivity contribution in [1.29, 1.82) is 0 Å². The van der Waals surface area contributed by atoms with Gasteiger partial charge in [0.25, 0.3) is 15.9 Å². The highest BCUT2D eigenvalue weighted by atomic mass is 32.2. The predicted octanol–water partition coefficient (Wildman–Crippen LogP) is 3.72. The first kappa shape index (κ1) is 24.0. The van der Waals surface area contributed by atoms with Crippen LogP contribution in [0.2, 0.25) is 0 Å². The van der Waals surface area contributed by atoms with E-state index in [1.165, 1.54) is 33.5 Å². The number of amides is 1. The third-order valence-electron chi connectivity index (χ3n) is 5.00. The fourth-order valence-corrected chi connectivity index (χ4v) is 4.78. The van der Waals surface area contributed by atoms with Gasteiger partial charge in [0.2, 0.25) is 0 Å². The van der Waals surface area contributed by atoms with Gasteiger partial charge in [0, 0.05) is 20.1 Å². The van der Waals surface area contributed by atoms with E-state index in [1.807, 2.05) is 30.3 Å². The zero-order valence-electron chi connectivity index (χ0n) is 18.5. The zero-order valence-corrected chi connectivity index (χ0v) is 19.4. The van der Waals surface area contributed by atoms with E-state index in [2.05, 4.69) is 0 Å². The van der Waals surface area contributed by atoms with E-state index in [0.717, 1.165) is 5.56 Å². The Hall–Kier alpha value is -3.65. The van der Waals surface area contributed by atoms with Crippen molar-refractivity contribution in [2.24, 2.45) is 0 Å². The van der Waals surface area contributed by atoms with Crippen LogP contribution in [-0.4, -0.2) is 45.4 Å². The minimum Gasteiger partial charge on any atom is -0.452 e. The molecule has 0 saturated heterocycles. The average molecular weight is 467 g/mol. The summed E-state index contributed by atoms with van der Waals surface area (Å²) in [7, 11) is -2.26. The van der Waals surface area contributed by atoms with Crippen LogP contribution in [0.4, 0.5) is 5.69 Å². The number of sulfonamides is 1. The van der Waals surface area contributed by atoms with Gasteiger partial charge in [-0.1, -0.05) is 54.6 Å². The number of hydrogen-bond acceptors (Lipinski definition) is 5. The van der Waals surface area contributed by atoms with Gasteiger partial charge in [-0.15, -0.1) is 0 Å². The van der Waals surface area contributed by atoms with Gasteiger partial charge >= 0.3 is 5.97 Å². The molecule has 0 unspecified atom stereocenters. The van der Waals surface area contributed by atoms with Crippen molar-refractivity contribution in [2.75, 3.05) is 24.5 Å². The number of hydrogen-bond donors (Lipinski definition) is 0. The number of carbonyl (C=O) groups excluding carboxylic acids is 2. The first-order valence-electron chi connectivity index (χ1n) is 10.5. The van der Waals surface area contributed by atoms with Gasteiger partial charge in [0.15, 0.2) is 6.61 Å². The number of para-hydroxylation sites is 1. The highest BCUT2D eigenvalue weighted by Crippen LogP contribution is 2.24. The first-order valence-corrected chi connectivity index (χ1v) is 11.9. The van der Waals surface area contributed by atoms with E-state index in [0.29, 0.717) is 12.2 Å². The summed E-state index contributed by atoms with van der Waals surface area (Å²) in [5.74, 6) is -1.13. The van der Waals surface area contributed by atoms with Crippen LogP contribution in [-0.2, 0) is 26.1 Å². The molecule has 8 heteroatoms. The van der Waals surface area contributed by atoms with Gasteiger partial charge < -0.3 is 9.64 Å². The number of rotatable bonds is 9. The van der Waals surface area contributed by atoms with E-state index in [4.69, 9.17) is 4.74 Å². The van der Waals surface area contributed by atoms with Gasteiger partial charge in [-0.3, -0.25) is 9.10 Å². The van der Waals surface area contributed by atoms with Gasteiger partial charge in [-0.25, -0.2) is 13.2 Å². The van der Waals surface area contributed by atoms with Crippen molar-refractivity contribution in [1.82, 2.24) is 4.90 Å². The number of benzene rings is 3. The monoisotopic (exact) mass is 466 g/mol. The van der Waals surface area contributed by atoms with Crippen molar-refractivity contribution in [2.45, 2.75) is 18.4 Å². The fourth-order valence-electron chi connectivity index (χ4n) is 3.26. The molecule has 0 aliphatic heterocycles. The smallest absolute Gasteiger partial charge is 0.338 e. The molecule has 3 aromatic rings. The largest absolute Gasteiger partial charge is 0.452 e. The van der Waals surface area contributed by atoms with Crippen molar-refractivity contribution in [3.63, 3.8) is 0 Å². The molecule has 0 aliphatic rings. The van der Waals surface area contributed by atoms with Gasteiger partial charge in [-0.2, -0.15) is 0 Å². The molecule has 0 spiro atoms. The Morgan fingerprint density at radius 1 is 0.879 bits per heavy atom. The summed E-state index contributed by atoms with van der Waals surface area (Å²) in [5, 5.41) is 0. The Kier molecular flexibility index (Phi) is 7.84. The molecule has 0 aromatic heterocycles. The molecule has 0 radical (unpaired) electrons. The summed E-state index contributed by atoms with van der Waals surface area (Å²) < 4.78 is 32.8. The number of carbonyl (C=O) groups is 2.